The Balaban J connectivity index is 1.57. The maximum absolute atomic E-state index is 4.71. The van der Waals surface area contributed by atoms with E-state index in [0.717, 1.165) is 44.7 Å². The molecular weight excluding hydrogens is 468 g/mol. The first kappa shape index (κ1) is 20.3. The highest BCUT2D eigenvalue weighted by molar-refractivity contribution is 9.10. The number of H-pyrrole nitrogens is 1. The summed E-state index contributed by atoms with van der Waals surface area (Å²) in [4.78, 5) is 6.91. The van der Waals surface area contributed by atoms with Crippen LogP contribution in [0.5, 0.6) is 0 Å². The fourth-order valence-corrected chi connectivity index (χ4v) is 4.22. The first-order valence-electron chi connectivity index (χ1n) is 10.3. The molecule has 1 N–H and O–H groups in total. The van der Waals surface area contributed by atoms with Crippen molar-refractivity contribution in [2.75, 3.05) is 11.9 Å². The molecule has 9 heteroatoms. The zero-order valence-corrected chi connectivity index (χ0v) is 19.3. The first-order chi connectivity index (χ1) is 15.7. The summed E-state index contributed by atoms with van der Waals surface area (Å²) in [6.07, 6.45) is 2.64. The van der Waals surface area contributed by atoms with Crippen LogP contribution in [0, 0.1) is 0 Å². The molecular formula is C23H21BrN8. The van der Waals surface area contributed by atoms with Gasteiger partial charge in [-0.25, -0.2) is 4.98 Å². The van der Waals surface area contributed by atoms with Gasteiger partial charge in [0.05, 0.1) is 10.7 Å². The lowest BCUT2D eigenvalue weighted by Crippen LogP contribution is -2.21. The van der Waals surface area contributed by atoms with Crippen LogP contribution in [-0.2, 0) is 13.0 Å². The van der Waals surface area contributed by atoms with Gasteiger partial charge in [-0.2, -0.15) is 14.8 Å². The minimum absolute atomic E-state index is 0.577. The summed E-state index contributed by atoms with van der Waals surface area (Å²) in [7, 11) is 2.08. The first-order valence-corrected chi connectivity index (χ1v) is 11.1. The third kappa shape index (κ3) is 3.64. The van der Waals surface area contributed by atoms with Crippen LogP contribution in [0.3, 0.4) is 0 Å². The van der Waals surface area contributed by atoms with Gasteiger partial charge in [0, 0.05) is 30.9 Å². The predicted molar refractivity (Wildman–Crippen MR) is 127 cm³/mol. The van der Waals surface area contributed by atoms with Gasteiger partial charge in [-0.05, 0) is 44.3 Å². The number of tetrazole rings is 1. The van der Waals surface area contributed by atoms with Gasteiger partial charge in [-0.3, -0.25) is 0 Å². The van der Waals surface area contributed by atoms with E-state index in [1.165, 1.54) is 5.56 Å². The van der Waals surface area contributed by atoms with Gasteiger partial charge in [-0.15, -0.1) is 10.2 Å². The van der Waals surface area contributed by atoms with Crippen LogP contribution < -0.4 is 4.90 Å². The topological polar surface area (TPSA) is 87.9 Å². The van der Waals surface area contributed by atoms with Crippen LogP contribution in [0.2, 0.25) is 0 Å². The molecule has 3 aromatic heterocycles. The number of benzene rings is 2. The summed E-state index contributed by atoms with van der Waals surface area (Å²) in [5.74, 6) is 1.56. The summed E-state index contributed by atoms with van der Waals surface area (Å²) >= 11 is 3.57. The van der Waals surface area contributed by atoms with Gasteiger partial charge < -0.3 is 4.90 Å². The number of nitrogens with one attached hydrogen (secondary N) is 1. The van der Waals surface area contributed by atoms with Crippen LogP contribution in [0.15, 0.2) is 65.3 Å². The average Bonchev–Trinajstić information content (AvgIpc) is 3.49. The average molecular weight is 489 g/mol. The number of anilines is 1. The summed E-state index contributed by atoms with van der Waals surface area (Å²) in [6, 6.07) is 18.6. The van der Waals surface area contributed by atoms with Gasteiger partial charge in [0.15, 0.2) is 5.65 Å². The second-order valence-electron chi connectivity index (χ2n) is 7.48. The Morgan fingerprint density at radius 2 is 1.78 bits per heavy atom. The zero-order valence-electron chi connectivity index (χ0n) is 17.7. The number of nitrogens with zero attached hydrogens (tertiary/aromatic N) is 7. The van der Waals surface area contributed by atoms with Crippen molar-refractivity contribution in [2.24, 2.45) is 0 Å². The van der Waals surface area contributed by atoms with Gasteiger partial charge in [0.2, 0.25) is 5.82 Å². The second kappa shape index (κ2) is 8.51. The highest BCUT2D eigenvalue weighted by atomic mass is 79.9. The van der Waals surface area contributed by atoms with E-state index in [4.69, 9.17) is 4.98 Å². The number of aromatic nitrogens is 7. The van der Waals surface area contributed by atoms with Gasteiger partial charge in [0.25, 0.3) is 0 Å². The highest BCUT2D eigenvalue weighted by Crippen LogP contribution is 2.33. The summed E-state index contributed by atoms with van der Waals surface area (Å²) in [5, 5.41) is 19.2. The van der Waals surface area contributed by atoms with Crippen LogP contribution in [0.1, 0.15) is 18.2 Å². The van der Waals surface area contributed by atoms with E-state index in [-0.39, 0.29) is 0 Å². The molecule has 2 aromatic carbocycles. The standard InChI is InChI=1S/C23H21BrN8/c1-3-16-12-21(32-23(26-16)20(24)13-25-32)31(2)14-15-8-4-5-9-17(15)18-10-6-7-11-19(18)22-27-29-30-28-22/h4-13H,3,14H2,1-2H3,(H,27,28,29,30). The molecule has 0 aliphatic heterocycles. The predicted octanol–water partition coefficient (Wildman–Crippen LogP) is 4.54. The molecule has 0 atom stereocenters. The molecule has 32 heavy (non-hydrogen) atoms. The molecule has 0 unspecified atom stereocenters. The monoisotopic (exact) mass is 488 g/mol. The number of aryl methyl sites for hydroxylation is 1. The molecule has 5 aromatic rings. The minimum atomic E-state index is 0.577. The van der Waals surface area contributed by atoms with E-state index in [0.29, 0.717) is 12.4 Å². The van der Waals surface area contributed by atoms with Gasteiger partial charge in [0.1, 0.15) is 5.82 Å². The number of fused-ring (bicyclic) bond motifs is 1. The number of aromatic amines is 1. The molecule has 0 bridgehead atoms. The third-order valence-corrected chi connectivity index (χ3v) is 6.00. The van der Waals surface area contributed by atoms with Gasteiger partial charge in [-0.1, -0.05) is 55.5 Å². The van der Waals surface area contributed by atoms with Crippen LogP contribution in [0.25, 0.3) is 28.2 Å². The third-order valence-electron chi connectivity index (χ3n) is 5.44. The van der Waals surface area contributed by atoms with Crippen molar-refractivity contribution in [3.05, 3.63) is 76.5 Å². The van der Waals surface area contributed by atoms with Crippen LogP contribution in [-0.4, -0.2) is 42.3 Å². The quantitative estimate of drug-likeness (QED) is 0.377. The number of hydrogen-bond acceptors (Lipinski definition) is 6. The van der Waals surface area contributed by atoms with E-state index in [1.54, 1.807) is 6.20 Å². The van der Waals surface area contributed by atoms with Crippen molar-refractivity contribution in [1.82, 2.24) is 35.2 Å². The zero-order chi connectivity index (χ0) is 22.1. The largest absolute Gasteiger partial charge is 0.355 e. The van der Waals surface area contributed by atoms with E-state index < -0.39 is 0 Å². The highest BCUT2D eigenvalue weighted by Gasteiger charge is 2.17. The molecule has 8 nitrogen and oxygen atoms in total. The smallest absolute Gasteiger partial charge is 0.205 e. The Bertz CT molecular complexity index is 1380. The molecule has 0 saturated heterocycles. The SMILES string of the molecule is CCc1cc(N(C)Cc2ccccc2-c2ccccc2-c2nn[nH]n2)n2ncc(Br)c2n1. The molecule has 0 radical (unpaired) electrons. The molecule has 0 aliphatic carbocycles. The fourth-order valence-electron chi connectivity index (χ4n) is 3.87. The van der Waals surface area contributed by atoms with Crippen LogP contribution >= 0.6 is 15.9 Å². The van der Waals surface area contributed by atoms with Crippen molar-refractivity contribution in [3.63, 3.8) is 0 Å². The Hall–Kier alpha value is -3.59. The maximum atomic E-state index is 4.71. The lowest BCUT2D eigenvalue weighted by Gasteiger charge is -2.23. The molecule has 0 saturated carbocycles. The second-order valence-corrected chi connectivity index (χ2v) is 8.34. The summed E-state index contributed by atoms with van der Waals surface area (Å²) in [5.41, 5.74) is 6.15. The van der Waals surface area contributed by atoms with E-state index >= 15 is 0 Å². The van der Waals surface area contributed by atoms with E-state index in [2.05, 4.69) is 96.9 Å². The fraction of sp³-hybridized carbons (Fsp3) is 0.174. The van der Waals surface area contributed by atoms with E-state index in [9.17, 15) is 0 Å². The van der Waals surface area contributed by atoms with Crippen molar-refractivity contribution >= 4 is 27.4 Å². The lowest BCUT2D eigenvalue weighted by atomic mass is 9.95. The minimum Gasteiger partial charge on any atom is -0.355 e. The Morgan fingerprint density at radius 3 is 2.53 bits per heavy atom. The molecule has 0 fully saturated rings. The normalized spacial score (nSPS) is 11.2. The molecule has 0 amide bonds. The van der Waals surface area contributed by atoms with Crippen LogP contribution in [0.4, 0.5) is 5.82 Å². The van der Waals surface area contributed by atoms with Crippen molar-refractivity contribution in [2.45, 2.75) is 19.9 Å². The lowest BCUT2D eigenvalue weighted by molar-refractivity contribution is 0.823. The maximum Gasteiger partial charge on any atom is 0.205 e. The summed E-state index contributed by atoms with van der Waals surface area (Å²) in [6.45, 7) is 2.80. The molecule has 3 heterocycles. The number of halogens is 1. The molecule has 5 rings (SSSR count). The Morgan fingerprint density at radius 1 is 1.03 bits per heavy atom. The van der Waals surface area contributed by atoms with Crippen molar-refractivity contribution in [3.8, 4) is 22.5 Å². The van der Waals surface area contributed by atoms with Crippen molar-refractivity contribution < 1.29 is 0 Å². The van der Waals surface area contributed by atoms with Gasteiger partial charge >= 0.3 is 0 Å². The van der Waals surface area contributed by atoms with E-state index in [1.807, 2.05) is 22.7 Å². The Kier molecular flexibility index (Phi) is 5.40. The van der Waals surface area contributed by atoms with Crippen molar-refractivity contribution in [1.29, 1.82) is 0 Å². The summed E-state index contributed by atoms with van der Waals surface area (Å²) < 4.78 is 2.76. The molecule has 0 aliphatic rings. The Labute approximate surface area is 193 Å². The molecule has 160 valence electrons. The molecule has 0 spiro atoms. The number of rotatable bonds is 6. The number of hydrogen-bond donors (Lipinski definition) is 1.